The fourth-order valence-corrected chi connectivity index (χ4v) is 3.99. The molecule has 0 aliphatic heterocycles. The van der Waals surface area contributed by atoms with E-state index in [9.17, 15) is 4.79 Å². The molecule has 7 heteroatoms. The van der Waals surface area contributed by atoms with E-state index in [0.717, 1.165) is 32.6 Å². The van der Waals surface area contributed by atoms with Gasteiger partial charge in [-0.05, 0) is 56.3 Å². The third kappa shape index (κ3) is 4.35. The first-order chi connectivity index (χ1) is 14.1. The van der Waals surface area contributed by atoms with Gasteiger partial charge in [-0.2, -0.15) is 0 Å². The maximum Gasteiger partial charge on any atom is 0.291 e. The average molecular weight is 404 g/mol. The Balaban J connectivity index is 1.72. The topological polar surface area (TPSA) is 80.0 Å². The second kappa shape index (κ2) is 8.28. The first-order valence-corrected chi connectivity index (χ1v) is 9.98. The Kier molecular flexibility index (Phi) is 5.39. The minimum absolute atomic E-state index is 0.268. The van der Waals surface area contributed by atoms with Crippen LogP contribution in [0.4, 0.5) is 10.8 Å². The second-order valence-electron chi connectivity index (χ2n) is 6.57. The van der Waals surface area contributed by atoms with E-state index in [1.165, 1.54) is 17.6 Å². The molecule has 1 amide bonds. The van der Waals surface area contributed by atoms with Crippen LogP contribution in [0.2, 0.25) is 0 Å². The van der Waals surface area contributed by atoms with Gasteiger partial charge in [0.25, 0.3) is 5.91 Å². The quantitative estimate of drug-likeness (QED) is 0.462. The molecule has 0 bridgehead atoms. The predicted molar refractivity (Wildman–Crippen MR) is 114 cm³/mol. The Labute approximate surface area is 172 Å². The summed E-state index contributed by atoms with van der Waals surface area (Å²) >= 11 is 1.51. The van der Waals surface area contributed by atoms with E-state index < -0.39 is 0 Å². The molecule has 4 rings (SSSR count). The second-order valence-corrected chi connectivity index (χ2v) is 7.83. The third-order valence-corrected chi connectivity index (χ3v) is 5.31. The highest BCUT2D eigenvalue weighted by atomic mass is 32.1. The van der Waals surface area contributed by atoms with Crippen molar-refractivity contribution in [3.8, 4) is 0 Å². The van der Waals surface area contributed by atoms with Crippen molar-refractivity contribution in [2.45, 2.75) is 19.9 Å². The van der Waals surface area contributed by atoms with Crippen LogP contribution in [0.1, 0.15) is 38.4 Å². The zero-order valence-corrected chi connectivity index (χ0v) is 16.9. The van der Waals surface area contributed by atoms with Crippen molar-refractivity contribution in [2.24, 2.45) is 0 Å². The van der Waals surface area contributed by atoms with Gasteiger partial charge < -0.3 is 15.1 Å². The van der Waals surface area contributed by atoms with Gasteiger partial charge in [0.05, 0.1) is 18.0 Å². The Morgan fingerprint density at radius 1 is 1.10 bits per heavy atom. The SMILES string of the molecule is Cc1cccc(NC(c2ccccn2)c2cc(C)sc2NC(=O)c2ccco2)n1. The summed E-state index contributed by atoms with van der Waals surface area (Å²) in [5.41, 5.74) is 2.68. The van der Waals surface area contributed by atoms with E-state index in [-0.39, 0.29) is 17.7 Å². The van der Waals surface area contributed by atoms with Gasteiger partial charge in [-0.15, -0.1) is 11.3 Å². The normalized spacial score (nSPS) is 11.8. The highest BCUT2D eigenvalue weighted by Crippen LogP contribution is 2.37. The van der Waals surface area contributed by atoms with Crippen molar-refractivity contribution in [2.75, 3.05) is 10.6 Å². The van der Waals surface area contributed by atoms with E-state index in [2.05, 4.69) is 26.7 Å². The molecule has 29 heavy (non-hydrogen) atoms. The van der Waals surface area contributed by atoms with Gasteiger partial charge in [-0.25, -0.2) is 4.98 Å². The summed E-state index contributed by atoms with van der Waals surface area (Å²) in [7, 11) is 0. The fraction of sp³-hybridized carbons (Fsp3) is 0.136. The van der Waals surface area contributed by atoms with Crippen LogP contribution in [0.3, 0.4) is 0 Å². The lowest BCUT2D eigenvalue weighted by atomic mass is 10.0. The Morgan fingerprint density at radius 3 is 2.72 bits per heavy atom. The first kappa shape index (κ1) is 18.9. The number of aryl methyl sites for hydroxylation is 2. The van der Waals surface area contributed by atoms with Gasteiger partial charge in [0, 0.05) is 22.3 Å². The molecule has 6 nitrogen and oxygen atoms in total. The van der Waals surface area contributed by atoms with Crippen LogP contribution in [0, 0.1) is 13.8 Å². The molecular weight excluding hydrogens is 384 g/mol. The molecule has 0 spiro atoms. The van der Waals surface area contributed by atoms with Gasteiger partial charge in [0.1, 0.15) is 10.8 Å². The van der Waals surface area contributed by atoms with Crippen LogP contribution in [-0.4, -0.2) is 15.9 Å². The first-order valence-electron chi connectivity index (χ1n) is 9.16. The van der Waals surface area contributed by atoms with Gasteiger partial charge in [0.15, 0.2) is 5.76 Å². The molecule has 0 aliphatic carbocycles. The summed E-state index contributed by atoms with van der Waals surface area (Å²) in [6.45, 7) is 3.96. The number of furan rings is 1. The Bertz CT molecular complexity index is 1110. The lowest BCUT2D eigenvalue weighted by Crippen LogP contribution is -2.17. The number of carbonyl (C=O) groups is 1. The third-order valence-electron chi connectivity index (χ3n) is 4.33. The summed E-state index contributed by atoms with van der Waals surface area (Å²) in [4.78, 5) is 22.7. The van der Waals surface area contributed by atoms with Crippen molar-refractivity contribution in [1.82, 2.24) is 9.97 Å². The van der Waals surface area contributed by atoms with Crippen LogP contribution in [-0.2, 0) is 0 Å². The van der Waals surface area contributed by atoms with Gasteiger partial charge in [-0.1, -0.05) is 12.1 Å². The van der Waals surface area contributed by atoms with Crippen LogP contribution < -0.4 is 10.6 Å². The minimum atomic E-state index is -0.286. The number of aromatic nitrogens is 2. The number of anilines is 2. The summed E-state index contributed by atoms with van der Waals surface area (Å²) in [6, 6.07) is 16.7. The molecule has 0 radical (unpaired) electrons. The zero-order valence-electron chi connectivity index (χ0n) is 16.0. The lowest BCUT2D eigenvalue weighted by molar-refractivity contribution is 0.0997. The number of rotatable bonds is 6. The molecule has 2 N–H and O–H groups in total. The van der Waals surface area contributed by atoms with Crippen LogP contribution >= 0.6 is 11.3 Å². The summed E-state index contributed by atoms with van der Waals surface area (Å²) in [5.74, 6) is 0.726. The molecule has 4 aromatic rings. The van der Waals surface area contributed by atoms with Crippen molar-refractivity contribution in [1.29, 1.82) is 0 Å². The fourth-order valence-electron chi connectivity index (χ4n) is 3.05. The van der Waals surface area contributed by atoms with Crippen molar-refractivity contribution in [3.63, 3.8) is 0 Å². The number of nitrogens with zero attached hydrogens (tertiary/aromatic N) is 2. The lowest BCUT2D eigenvalue weighted by Gasteiger charge is -2.20. The molecule has 0 saturated heterocycles. The molecule has 146 valence electrons. The van der Waals surface area contributed by atoms with E-state index in [4.69, 9.17) is 4.42 Å². The Hall–Kier alpha value is -3.45. The number of thiophene rings is 1. The van der Waals surface area contributed by atoms with Gasteiger partial charge >= 0.3 is 0 Å². The summed E-state index contributed by atoms with van der Waals surface area (Å²) in [5, 5.41) is 7.20. The number of nitrogens with one attached hydrogen (secondary N) is 2. The zero-order chi connectivity index (χ0) is 20.2. The number of hydrogen-bond acceptors (Lipinski definition) is 6. The highest BCUT2D eigenvalue weighted by molar-refractivity contribution is 7.16. The number of pyridine rings is 2. The molecular formula is C22H20N4O2S. The monoisotopic (exact) mass is 404 g/mol. The van der Waals surface area contributed by atoms with E-state index >= 15 is 0 Å². The minimum Gasteiger partial charge on any atom is -0.459 e. The largest absolute Gasteiger partial charge is 0.459 e. The smallest absolute Gasteiger partial charge is 0.291 e. The summed E-state index contributed by atoms with van der Waals surface area (Å²) in [6.07, 6.45) is 3.24. The maximum absolute atomic E-state index is 12.6. The number of amides is 1. The van der Waals surface area contributed by atoms with Crippen LogP contribution in [0.25, 0.3) is 0 Å². The molecule has 0 aliphatic rings. The highest BCUT2D eigenvalue weighted by Gasteiger charge is 2.23. The van der Waals surface area contributed by atoms with Crippen molar-refractivity contribution < 1.29 is 9.21 Å². The number of hydrogen-bond donors (Lipinski definition) is 2. The van der Waals surface area contributed by atoms with E-state index in [1.54, 1.807) is 18.3 Å². The van der Waals surface area contributed by atoms with Crippen LogP contribution in [0.5, 0.6) is 0 Å². The van der Waals surface area contributed by atoms with Gasteiger partial charge in [-0.3, -0.25) is 9.78 Å². The van der Waals surface area contributed by atoms with Crippen LogP contribution in [0.15, 0.2) is 71.5 Å². The summed E-state index contributed by atoms with van der Waals surface area (Å²) < 4.78 is 5.22. The van der Waals surface area contributed by atoms with E-state index in [0.29, 0.717) is 0 Å². The molecule has 0 saturated carbocycles. The molecule has 1 unspecified atom stereocenters. The molecule has 1 atom stereocenters. The predicted octanol–water partition coefficient (Wildman–Crippen LogP) is 5.20. The standard InChI is InChI=1S/C22H20N4O2S/c1-14-7-5-10-19(24-14)25-20(17-8-3-4-11-23-17)16-13-15(2)29-22(16)26-21(27)18-9-6-12-28-18/h3-13,20H,1-2H3,(H,24,25)(H,26,27). The Morgan fingerprint density at radius 2 is 2.00 bits per heavy atom. The number of carbonyl (C=O) groups excluding carboxylic acids is 1. The van der Waals surface area contributed by atoms with Crippen molar-refractivity contribution in [3.05, 3.63) is 94.6 Å². The van der Waals surface area contributed by atoms with Crippen molar-refractivity contribution >= 4 is 28.1 Å². The maximum atomic E-state index is 12.6. The van der Waals surface area contributed by atoms with E-state index in [1.807, 2.05) is 50.2 Å². The molecule has 4 aromatic heterocycles. The van der Waals surface area contributed by atoms with Gasteiger partial charge in [0.2, 0.25) is 0 Å². The average Bonchev–Trinajstić information content (AvgIpc) is 3.37. The molecule has 0 aromatic carbocycles. The molecule has 4 heterocycles. The molecule has 0 fully saturated rings.